The van der Waals surface area contributed by atoms with Crippen LogP contribution in [-0.2, 0) is 19.1 Å². The highest BCUT2D eigenvalue weighted by Gasteiger charge is 2.78. The molecule has 0 saturated carbocycles. The highest BCUT2D eigenvalue weighted by Crippen LogP contribution is 2.51. The van der Waals surface area contributed by atoms with E-state index in [0.717, 1.165) is 23.7 Å². The van der Waals surface area contributed by atoms with E-state index in [9.17, 15) is 50.9 Å². The molecule has 1 aromatic rings. The molecule has 0 radical (unpaired) electrons. The second-order valence-corrected chi connectivity index (χ2v) is 15.7. The van der Waals surface area contributed by atoms with E-state index >= 15 is 0 Å². The Balaban J connectivity index is 0. The number of esters is 2. The number of hydrogen-bond donors (Lipinski definition) is 2. The molecule has 0 aromatic heterocycles. The highest BCUT2D eigenvalue weighted by molar-refractivity contribution is 14.1. The van der Waals surface area contributed by atoms with Crippen molar-refractivity contribution >= 4 is 85.7 Å². The van der Waals surface area contributed by atoms with E-state index in [1.807, 2.05) is 63.5 Å². The van der Waals surface area contributed by atoms with Crippen LogP contribution in [0.15, 0.2) is 12.1 Å². The van der Waals surface area contributed by atoms with Crippen LogP contribution in [0, 0.1) is 21.5 Å². The summed E-state index contributed by atoms with van der Waals surface area (Å²) in [7, 11) is 4.08. The van der Waals surface area contributed by atoms with E-state index in [-0.39, 0.29) is 23.4 Å². The third kappa shape index (κ3) is 13.7. The Morgan fingerprint density at radius 2 is 1.24 bits per heavy atom. The number of hydrogen-bond acceptors (Lipinski definition) is 7. The fourth-order valence-corrected chi connectivity index (χ4v) is 5.20. The monoisotopic (exact) mass is 1010 g/mol. The Bertz CT molecular complexity index is 1170. The minimum atomic E-state index is -6.06. The number of carbonyl (C=O) groups excluding carboxylic acids is 3. The van der Waals surface area contributed by atoms with E-state index in [4.69, 9.17) is 4.74 Å². The van der Waals surface area contributed by atoms with Gasteiger partial charge in [-0.2, -0.15) is 26.3 Å². The number of carboxylic acids is 1. The van der Waals surface area contributed by atoms with Gasteiger partial charge in [0.2, 0.25) is 0 Å². The van der Waals surface area contributed by atoms with E-state index < -0.39 is 40.9 Å². The predicted molar refractivity (Wildman–Crippen MR) is 183 cm³/mol. The van der Waals surface area contributed by atoms with Gasteiger partial charge in [-0.15, -0.1) is 0 Å². The lowest BCUT2D eigenvalue weighted by Crippen LogP contribution is -3.06. The van der Waals surface area contributed by atoms with Gasteiger partial charge in [0.15, 0.2) is 5.60 Å². The van der Waals surface area contributed by atoms with Crippen LogP contribution < -0.4 is 10.0 Å². The SMILES string of the molecule is CCC(C)(C)C(=O)OC(C)(C)C(O)(C(F)(F)F)C(F)(F)F.CCC(C)(C)C(=O)OCC[NH+](C)C.O=C([O-])c1cc(I)cc(I)c1I. The number of nitrogens with one attached hydrogen (secondary N) is 1. The maximum absolute atomic E-state index is 12.8. The lowest BCUT2D eigenvalue weighted by molar-refractivity contribution is -0.858. The molecule has 46 heavy (non-hydrogen) atoms. The molecule has 0 saturated heterocycles. The molecular formula is C29H42F6I3NO7. The second kappa shape index (κ2) is 18.4. The number of quaternary nitrogens is 1. The van der Waals surface area contributed by atoms with Gasteiger partial charge in [0.05, 0.1) is 30.9 Å². The Labute approximate surface area is 307 Å². The zero-order valence-electron chi connectivity index (χ0n) is 27.3. The third-order valence-electron chi connectivity index (χ3n) is 6.96. The molecule has 17 heteroatoms. The number of alkyl halides is 6. The molecular weight excluding hydrogens is 969 g/mol. The summed E-state index contributed by atoms with van der Waals surface area (Å²) in [6, 6.07) is 3.54. The van der Waals surface area contributed by atoms with Crippen LogP contribution in [0.1, 0.15) is 78.6 Å². The first kappa shape index (κ1) is 47.4. The molecule has 0 heterocycles. The third-order valence-corrected chi connectivity index (χ3v) is 10.6. The van der Waals surface area contributed by atoms with Crippen LogP contribution >= 0.6 is 67.8 Å². The number of aromatic carboxylic acids is 1. The van der Waals surface area contributed by atoms with Crippen molar-refractivity contribution in [3.05, 3.63) is 28.4 Å². The molecule has 0 amide bonds. The van der Waals surface area contributed by atoms with Crippen molar-refractivity contribution in [2.75, 3.05) is 27.2 Å². The number of ether oxygens (including phenoxy) is 2. The minimum absolute atomic E-state index is 0.0868. The molecule has 0 aliphatic carbocycles. The zero-order valence-corrected chi connectivity index (χ0v) is 33.8. The lowest BCUT2D eigenvalue weighted by Gasteiger charge is -2.44. The van der Waals surface area contributed by atoms with Crippen molar-refractivity contribution in [1.82, 2.24) is 0 Å². The summed E-state index contributed by atoms with van der Waals surface area (Å²) in [5.41, 5.74) is -9.76. The molecule has 268 valence electrons. The van der Waals surface area contributed by atoms with E-state index in [2.05, 4.69) is 49.9 Å². The second-order valence-electron chi connectivity index (χ2n) is 12.2. The highest BCUT2D eigenvalue weighted by atomic mass is 127. The van der Waals surface area contributed by atoms with Gasteiger partial charge in [-0.05, 0) is 134 Å². The number of likely N-dealkylation sites (N-methyl/N-ethyl adjacent to an activating group) is 1. The van der Waals surface area contributed by atoms with Gasteiger partial charge in [-0.1, -0.05) is 13.8 Å². The van der Waals surface area contributed by atoms with Gasteiger partial charge in [0.25, 0.3) is 5.60 Å². The molecule has 0 aliphatic rings. The first-order valence-corrected chi connectivity index (χ1v) is 17.0. The summed E-state index contributed by atoms with van der Waals surface area (Å²) >= 11 is 6.19. The summed E-state index contributed by atoms with van der Waals surface area (Å²) in [4.78, 5) is 35.1. The van der Waals surface area contributed by atoms with Gasteiger partial charge < -0.3 is 29.4 Å². The normalized spacial score (nSPS) is 12.8. The van der Waals surface area contributed by atoms with Crippen molar-refractivity contribution in [3.63, 3.8) is 0 Å². The Hall–Kier alpha value is -0.680. The Kier molecular flexibility index (Phi) is 18.9. The fourth-order valence-electron chi connectivity index (χ4n) is 2.82. The molecule has 2 N–H and O–H groups in total. The molecule has 0 aliphatic heterocycles. The quantitative estimate of drug-likeness (QED) is 0.136. The van der Waals surface area contributed by atoms with Crippen molar-refractivity contribution in [3.8, 4) is 0 Å². The van der Waals surface area contributed by atoms with E-state index in [1.165, 1.54) is 25.7 Å². The number of rotatable bonds is 10. The van der Waals surface area contributed by atoms with E-state index in [0.29, 0.717) is 20.5 Å². The molecule has 0 fully saturated rings. The van der Waals surface area contributed by atoms with Gasteiger partial charge in [-0.3, -0.25) is 9.59 Å². The van der Waals surface area contributed by atoms with E-state index in [1.54, 1.807) is 6.07 Å². The van der Waals surface area contributed by atoms with Crippen LogP contribution in [0.5, 0.6) is 0 Å². The molecule has 1 aromatic carbocycles. The number of halogens is 9. The van der Waals surface area contributed by atoms with Gasteiger partial charge in [-0.25, -0.2) is 0 Å². The van der Waals surface area contributed by atoms with Gasteiger partial charge >= 0.3 is 24.3 Å². The molecule has 0 atom stereocenters. The van der Waals surface area contributed by atoms with Crippen LogP contribution in [0.2, 0.25) is 0 Å². The maximum Gasteiger partial charge on any atom is 0.430 e. The van der Waals surface area contributed by atoms with Gasteiger partial charge in [0.1, 0.15) is 13.2 Å². The number of carbonyl (C=O) groups is 3. The van der Waals surface area contributed by atoms with Crippen molar-refractivity contribution in [2.24, 2.45) is 10.8 Å². The average Bonchev–Trinajstić information content (AvgIpc) is 2.88. The number of aliphatic hydroxyl groups is 1. The smallest absolute Gasteiger partial charge is 0.430 e. The van der Waals surface area contributed by atoms with Crippen LogP contribution in [0.4, 0.5) is 26.3 Å². The maximum atomic E-state index is 12.8. The summed E-state index contributed by atoms with van der Waals surface area (Å²) in [6.07, 6.45) is -11.2. The molecule has 0 bridgehead atoms. The molecule has 1 rings (SSSR count). The van der Waals surface area contributed by atoms with Crippen molar-refractivity contribution in [2.45, 2.75) is 91.8 Å². The first-order valence-electron chi connectivity index (χ1n) is 13.8. The summed E-state index contributed by atoms with van der Waals surface area (Å²) in [6.45, 7) is 12.1. The Morgan fingerprint density at radius 3 is 1.59 bits per heavy atom. The zero-order chi connectivity index (χ0) is 37.3. The standard InChI is InChI=1S/C12H18F6O3.C10H21NO2.C7H3I3O2/c1-6-8(2,3)7(19)21-9(4,5)10(20,11(13,14)15)12(16,17)18;1-6-10(2,3)9(12)13-8-7-11(4)5;8-3-1-4(7(11)12)6(10)5(9)2-3/h20H,6H2,1-5H3;6-8H2,1-5H3;1-2H,(H,11,12). The first-order chi connectivity index (χ1) is 20.4. The summed E-state index contributed by atoms with van der Waals surface area (Å²) < 4.78 is 88.7. The van der Waals surface area contributed by atoms with Crippen molar-refractivity contribution < 1.29 is 65.3 Å². The summed E-state index contributed by atoms with van der Waals surface area (Å²) in [5, 5.41) is 19.9. The number of benzene rings is 1. The molecule has 8 nitrogen and oxygen atoms in total. The lowest BCUT2D eigenvalue weighted by atomic mass is 9.83. The minimum Gasteiger partial charge on any atom is -0.545 e. The summed E-state index contributed by atoms with van der Waals surface area (Å²) in [5.74, 6) is -2.46. The van der Waals surface area contributed by atoms with Gasteiger partial charge in [0, 0.05) is 16.3 Å². The fraction of sp³-hybridized carbons (Fsp3) is 0.690. The average molecular weight is 1010 g/mol. The van der Waals surface area contributed by atoms with Crippen molar-refractivity contribution in [1.29, 1.82) is 0 Å². The predicted octanol–water partition coefficient (Wildman–Crippen LogP) is 5.57. The largest absolute Gasteiger partial charge is 0.545 e. The number of carboxylic acid groups (broad SMARTS) is 1. The molecule has 0 unspecified atom stereocenters. The van der Waals surface area contributed by atoms with Crippen LogP contribution in [0.3, 0.4) is 0 Å². The van der Waals surface area contributed by atoms with Crippen LogP contribution in [-0.4, -0.2) is 73.8 Å². The Morgan fingerprint density at radius 1 is 0.826 bits per heavy atom. The molecule has 0 spiro atoms. The topological polar surface area (TPSA) is 117 Å². The van der Waals surface area contributed by atoms with Crippen LogP contribution in [0.25, 0.3) is 0 Å².